The Kier molecular flexibility index (Phi) is 4.88. The molecule has 3 rings (SSSR count). The summed E-state index contributed by atoms with van der Waals surface area (Å²) >= 11 is 0. The van der Waals surface area contributed by atoms with E-state index in [2.05, 4.69) is 17.4 Å². The van der Waals surface area contributed by atoms with E-state index in [1.54, 1.807) is 6.07 Å². The normalized spacial score (nSPS) is 16.7. The van der Waals surface area contributed by atoms with Gasteiger partial charge in [-0.25, -0.2) is 16.8 Å². The van der Waals surface area contributed by atoms with Crippen LogP contribution in [0.5, 0.6) is 0 Å². The third-order valence-corrected chi connectivity index (χ3v) is 7.34. The van der Waals surface area contributed by atoms with Crippen LogP contribution in [0.4, 0.5) is 5.69 Å². The van der Waals surface area contributed by atoms with E-state index in [4.69, 9.17) is 0 Å². The van der Waals surface area contributed by atoms with E-state index in [9.17, 15) is 16.8 Å². The van der Waals surface area contributed by atoms with Crippen LogP contribution in [0.3, 0.4) is 0 Å². The van der Waals surface area contributed by atoms with Gasteiger partial charge >= 0.3 is 0 Å². The van der Waals surface area contributed by atoms with E-state index in [0.29, 0.717) is 12.2 Å². The molecule has 5 nitrogen and oxygen atoms in total. The molecule has 2 aromatic carbocycles. The van der Waals surface area contributed by atoms with Crippen molar-refractivity contribution in [1.82, 2.24) is 0 Å². The van der Waals surface area contributed by atoms with Crippen molar-refractivity contribution in [3.63, 3.8) is 0 Å². The highest BCUT2D eigenvalue weighted by molar-refractivity contribution is 7.91. The zero-order valence-electron chi connectivity index (χ0n) is 14.9. The van der Waals surface area contributed by atoms with Crippen molar-refractivity contribution in [3.8, 4) is 0 Å². The van der Waals surface area contributed by atoms with Gasteiger partial charge < -0.3 is 5.32 Å². The molecule has 0 unspecified atom stereocenters. The molecule has 0 aromatic heterocycles. The van der Waals surface area contributed by atoms with Gasteiger partial charge in [-0.05, 0) is 36.6 Å². The summed E-state index contributed by atoms with van der Waals surface area (Å²) in [5.74, 6) is 0. The van der Waals surface area contributed by atoms with Crippen LogP contribution in [0.15, 0.2) is 58.3 Å². The largest absolute Gasteiger partial charge is 0.383 e. The summed E-state index contributed by atoms with van der Waals surface area (Å²) in [7, 11) is -7.04. The van der Waals surface area contributed by atoms with Crippen molar-refractivity contribution in [2.75, 3.05) is 24.4 Å². The van der Waals surface area contributed by atoms with E-state index in [0.717, 1.165) is 31.8 Å². The number of nitrogens with one attached hydrogen (secondary N) is 1. The molecule has 0 spiro atoms. The monoisotopic (exact) mass is 393 g/mol. The van der Waals surface area contributed by atoms with Crippen LogP contribution in [0, 0.1) is 0 Å². The van der Waals surface area contributed by atoms with Crippen LogP contribution in [-0.2, 0) is 25.1 Å². The molecule has 0 saturated heterocycles. The Hall–Kier alpha value is -1.86. The van der Waals surface area contributed by atoms with Gasteiger partial charge in [-0.2, -0.15) is 0 Å². The van der Waals surface area contributed by atoms with Gasteiger partial charge in [-0.15, -0.1) is 0 Å². The molecule has 7 heteroatoms. The van der Waals surface area contributed by atoms with Crippen LogP contribution in [-0.4, -0.2) is 35.9 Å². The first kappa shape index (κ1) is 18.9. The quantitative estimate of drug-likeness (QED) is 0.816. The summed E-state index contributed by atoms with van der Waals surface area (Å²) in [6.45, 7) is 0.609. The van der Waals surface area contributed by atoms with Gasteiger partial charge in [0.25, 0.3) is 0 Å². The Morgan fingerprint density at radius 1 is 0.923 bits per heavy atom. The lowest BCUT2D eigenvalue weighted by molar-refractivity contribution is 0.260. The first-order valence-corrected chi connectivity index (χ1v) is 12.2. The fourth-order valence-electron chi connectivity index (χ4n) is 3.41. The fraction of sp³-hybridized carbons (Fsp3) is 0.368. The number of rotatable bonds is 6. The Labute approximate surface area is 155 Å². The molecular formula is C19H23NO4S2. The first-order valence-electron chi connectivity index (χ1n) is 8.45. The number of benzene rings is 2. The number of sulfone groups is 2. The molecule has 26 heavy (non-hydrogen) atoms. The molecule has 0 aliphatic heterocycles. The molecule has 2 aromatic rings. The summed E-state index contributed by atoms with van der Waals surface area (Å²) < 4.78 is 47.9. The molecular weight excluding hydrogens is 370 g/mol. The topological polar surface area (TPSA) is 80.3 Å². The summed E-state index contributed by atoms with van der Waals surface area (Å²) in [5, 5.41) is 3.27. The average molecular weight is 394 g/mol. The molecule has 0 atom stereocenters. The predicted octanol–water partition coefficient (Wildman–Crippen LogP) is 3.03. The van der Waals surface area contributed by atoms with Gasteiger partial charge in [0, 0.05) is 24.5 Å². The van der Waals surface area contributed by atoms with Gasteiger partial charge in [0.2, 0.25) is 0 Å². The van der Waals surface area contributed by atoms with Crippen LogP contribution >= 0.6 is 0 Å². The summed E-state index contributed by atoms with van der Waals surface area (Å²) in [5.41, 5.74) is 1.68. The van der Waals surface area contributed by atoms with Gasteiger partial charge in [-0.1, -0.05) is 36.8 Å². The SMILES string of the molecule is CS(=O)(=O)c1ccc(NCC2(c3ccccc3)CCC2)c(S(C)(=O)=O)c1. The lowest BCUT2D eigenvalue weighted by atomic mass is 9.64. The zero-order valence-corrected chi connectivity index (χ0v) is 16.5. The van der Waals surface area contributed by atoms with Crippen LogP contribution < -0.4 is 5.32 Å². The van der Waals surface area contributed by atoms with Crippen LogP contribution in [0.2, 0.25) is 0 Å². The number of anilines is 1. The minimum atomic E-state index is -3.56. The van der Waals surface area contributed by atoms with Crippen LogP contribution in [0.1, 0.15) is 24.8 Å². The molecule has 0 bridgehead atoms. The van der Waals surface area contributed by atoms with E-state index in [-0.39, 0.29) is 15.2 Å². The van der Waals surface area contributed by atoms with Gasteiger partial charge in [0.15, 0.2) is 19.7 Å². The van der Waals surface area contributed by atoms with Gasteiger partial charge in [-0.3, -0.25) is 0 Å². The Morgan fingerprint density at radius 3 is 2.08 bits per heavy atom. The molecule has 1 aliphatic carbocycles. The van der Waals surface area contributed by atoms with Crippen molar-refractivity contribution in [1.29, 1.82) is 0 Å². The summed E-state index contributed by atoms with van der Waals surface area (Å²) in [6, 6.07) is 14.4. The first-order chi connectivity index (χ1) is 12.1. The zero-order chi connectivity index (χ0) is 19.0. The van der Waals surface area contributed by atoms with E-state index in [1.807, 2.05) is 18.2 Å². The van der Waals surface area contributed by atoms with E-state index in [1.165, 1.54) is 17.7 Å². The molecule has 1 saturated carbocycles. The van der Waals surface area contributed by atoms with Crippen LogP contribution in [0.25, 0.3) is 0 Å². The highest BCUT2D eigenvalue weighted by atomic mass is 32.2. The summed E-state index contributed by atoms with van der Waals surface area (Å²) in [6.07, 6.45) is 5.39. The highest BCUT2D eigenvalue weighted by Crippen LogP contribution is 2.44. The second-order valence-electron chi connectivity index (χ2n) is 7.06. The van der Waals surface area contributed by atoms with Gasteiger partial charge in [0.1, 0.15) is 0 Å². The molecule has 0 heterocycles. The van der Waals surface area contributed by atoms with Crippen molar-refractivity contribution >= 4 is 25.4 Å². The Balaban J connectivity index is 1.93. The minimum absolute atomic E-state index is 0.00453. The maximum atomic E-state index is 12.2. The molecule has 0 radical (unpaired) electrons. The van der Waals surface area contributed by atoms with E-state index >= 15 is 0 Å². The third-order valence-electron chi connectivity index (χ3n) is 5.09. The fourth-order valence-corrected chi connectivity index (χ4v) is 5.02. The van der Waals surface area contributed by atoms with E-state index < -0.39 is 19.7 Å². The second kappa shape index (κ2) is 6.70. The number of hydrogen-bond acceptors (Lipinski definition) is 5. The molecule has 1 fully saturated rings. The summed E-state index contributed by atoms with van der Waals surface area (Å²) in [4.78, 5) is 0.0212. The Morgan fingerprint density at radius 2 is 1.58 bits per heavy atom. The number of hydrogen-bond donors (Lipinski definition) is 1. The smallest absolute Gasteiger partial charge is 0.177 e. The Bertz CT molecular complexity index is 1010. The molecule has 0 amide bonds. The highest BCUT2D eigenvalue weighted by Gasteiger charge is 2.38. The second-order valence-corrected chi connectivity index (χ2v) is 11.1. The average Bonchev–Trinajstić information content (AvgIpc) is 2.53. The van der Waals surface area contributed by atoms with Crippen molar-refractivity contribution in [2.45, 2.75) is 34.5 Å². The van der Waals surface area contributed by atoms with Gasteiger partial charge in [0.05, 0.1) is 15.5 Å². The maximum Gasteiger partial charge on any atom is 0.177 e. The lowest BCUT2D eigenvalue weighted by Crippen LogP contribution is -2.41. The standard InChI is InChI=1S/C19H23NO4S2/c1-25(21,22)16-9-10-17(18(13-16)26(2,23)24)20-14-19(11-6-12-19)15-7-4-3-5-8-15/h3-5,7-10,13,20H,6,11-12,14H2,1-2H3. The molecule has 140 valence electrons. The maximum absolute atomic E-state index is 12.2. The minimum Gasteiger partial charge on any atom is -0.383 e. The van der Waals surface area contributed by atoms with Crippen molar-refractivity contribution in [2.24, 2.45) is 0 Å². The molecule has 1 N–H and O–H groups in total. The van der Waals surface area contributed by atoms with Crippen molar-refractivity contribution < 1.29 is 16.8 Å². The van der Waals surface area contributed by atoms with Crippen molar-refractivity contribution in [3.05, 3.63) is 54.1 Å². The predicted molar refractivity (Wildman–Crippen MR) is 103 cm³/mol. The third kappa shape index (κ3) is 3.78. The lowest BCUT2D eigenvalue weighted by Gasteiger charge is -2.43. The molecule has 1 aliphatic rings.